The minimum atomic E-state index is 0.320. The van der Waals surface area contributed by atoms with Gasteiger partial charge in [-0.3, -0.25) is 0 Å². The fourth-order valence-electron chi connectivity index (χ4n) is 2.20. The molecule has 106 valence electrons. The van der Waals surface area contributed by atoms with Crippen LogP contribution in [-0.2, 0) is 0 Å². The van der Waals surface area contributed by atoms with Crippen molar-refractivity contribution in [3.8, 4) is 5.75 Å². The summed E-state index contributed by atoms with van der Waals surface area (Å²) >= 11 is 0. The molecule has 0 aliphatic heterocycles. The van der Waals surface area contributed by atoms with Crippen molar-refractivity contribution in [1.82, 2.24) is 4.90 Å². The summed E-state index contributed by atoms with van der Waals surface area (Å²) < 4.78 is 5.21. The summed E-state index contributed by atoms with van der Waals surface area (Å²) in [7, 11) is 5.89. The Hall–Kier alpha value is -2.00. The van der Waals surface area contributed by atoms with E-state index in [2.05, 4.69) is 48.6 Å². The SMILES string of the molecule is COc1ccc(C(CNc2ccccc2)N(C)C)cc1. The average molecular weight is 270 g/mol. The van der Waals surface area contributed by atoms with Crippen molar-refractivity contribution in [1.29, 1.82) is 0 Å². The van der Waals surface area contributed by atoms with Gasteiger partial charge >= 0.3 is 0 Å². The van der Waals surface area contributed by atoms with E-state index in [1.165, 1.54) is 5.56 Å². The maximum atomic E-state index is 5.21. The van der Waals surface area contributed by atoms with E-state index in [1.807, 2.05) is 30.3 Å². The highest BCUT2D eigenvalue weighted by molar-refractivity contribution is 5.43. The minimum Gasteiger partial charge on any atom is -0.497 e. The van der Waals surface area contributed by atoms with Crippen LogP contribution in [0.1, 0.15) is 11.6 Å². The van der Waals surface area contributed by atoms with E-state index >= 15 is 0 Å². The van der Waals surface area contributed by atoms with E-state index in [0.29, 0.717) is 6.04 Å². The highest BCUT2D eigenvalue weighted by atomic mass is 16.5. The van der Waals surface area contributed by atoms with Crippen LogP contribution < -0.4 is 10.1 Å². The zero-order chi connectivity index (χ0) is 14.4. The van der Waals surface area contributed by atoms with Crippen LogP contribution in [0.5, 0.6) is 5.75 Å². The quantitative estimate of drug-likeness (QED) is 0.870. The number of ether oxygens (including phenoxy) is 1. The standard InChI is InChI=1S/C17H22N2O/c1-19(2)17(13-18-15-7-5-4-6-8-15)14-9-11-16(20-3)12-10-14/h4-12,17-18H,13H2,1-3H3. The van der Waals surface area contributed by atoms with E-state index in [0.717, 1.165) is 18.0 Å². The van der Waals surface area contributed by atoms with Gasteiger partial charge in [-0.2, -0.15) is 0 Å². The molecule has 0 heterocycles. The predicted octanol–water partition coefficient (Wildman–Crippen LogP) is 3.41. The second-order valence-corrected chi connectivity index (χ2v) is 5.00. The van der Waals surface area contributed by atoms with Crippen LogP contribution in [0, 0.1) is 0 Å². The molecule has 0 bridgehead atoms. The summed E-state index contributed by atoms with van der Waals surface area (Å²) in [5.41, 5.74) is 2.42. The van der Waals surface area contributed by atoms with Crippen molar-refractivity contribution in [3.63, 3.8) is 0 Å². The van der Waals surface area contributed by atoms with Crippen LogP contribution in [0.25, 0.3) is 0 Å². The van der Waals surface area contributed by atoms with Crippen molar-refractivity contribution in [3.05, 3.63) is 60.2 Å². The normalized spacial score (nSPS) is 12.2. The molecule has 0 spiro atoms. The first-order chi connectivity index (χ1) is 9.70. The maximum Gasteiger partial charge on any atom is 0.118 e. The number of nitrogens with one attached hydrogen (secondary N) is 1. The second-order valence-electron chi connectivity index (χ2n) is 5.00. The number of nitrogens with zero attached hydrogens (tertiary/aromatic N) is 1. The molecular weight excluding hydrogens is 248 g/mol. The molecule has 1 N–H and O–H groups in total. The molecule has 0 radical (unpaired) electrons. The molecule has 0 aromatic heterocycles. The Morgan fingerprint density at radius 2 is 1.65 bits per heavy atom. The number of para-hydroxylation sites is 1. The summed E-state index contributed by atoms with van der Waals surface area (Å²) in [6.07, 6.45) is 0. The molecule has 0 amide bonds. The number of hydrogen-bond acceptors (Lipinski definition) is 3. The largest absolute Gasteiger partial charge is 0.497 e. The van der Waals surface area contributed by atoms with Gasteiger partial charge in [0, 0.05) is 12.2 Å². The van der Waals surface area contributed by atoms with Crippen LogP contribution >= 0.6 is 0 Å². The summed E-state index contributed by atoms with van der Waals surface area (Å²) in [6, 6.07) is 18.9. The van der Waals surface area contributed by atoms with Gasteiger partial charge in [-0.05, 0) is 43.9 Å². The molecule has 1 unspecified atom stereocenters. The van der Waals surface area contributed by atoms with E-state index in [-0.39, 0.29) is 0 Å². The molecule has 0 saturated heterocycles. The number of rotatable bonds is 6. The van der Waals surface area contributed by atoms with Gasteiger partial charge in [-0.1, -0.05) is 30.3 Å². The van der Waals surface area contributed by atoms with Crippen LogP contribution in [0.4, 0.5) is 5.69 Å². The van der Waals surface area contributed by atoms with Crippen LogP contribution in [0.2, 0.25) is 0 Å². The van der Waals surface area contributed by atoms with Crippen LogP contribution in [-0.4, -0.2) is 32.6 Å². The number of benzene rings is 2. The Balaban J connectivity index is 2.06. The Morgan fingerprint density at radius 1 is 1.00 bits per heavy atom. The Labute approximate surface area is 121 Å². The summed E-state index contributed by atoms with van der Waals surface area (Å²) in [4.78, 5) is 2.22. The van der Waals surface area contributed by atoms with Crippen LogP contribution in [0.15, 0.2) is 54.6 Å². The van der Waals surface area contributed by atoms with Gasteiger partial charge < -0.3 is 15.0 Å². The molecule has 0 fully saturated rings. The zero-order valence-electron chi connectivity index (χ0n) is 12.3. The van der Waals surface area contributed by atoms with Gasteiger partial charge in [0.25, 0.3) is 0 Å². The van der Waals surface area contributed by atoms with Gasteiger partial charge in [0.1, 0.15) is 5.75 Å². The smallest absolute Gasteiger partial charge is 0.118 e. The predicted molar refractivity (Wildman–Crippen MR) is 84.4 cm³/mol. The molecular formula is C17H22N2O. The molecule has 2 rings (SSSR count). The third-order valence-electron chi connectivity index (χ3n) is 3.40. The van der Waals surface area contributed by atoms with Crippen molar-refractivity contribution in [2.75, 3.05) is 33.1 Å². The fourth-order valence-corrected chi connectivity index (χ4v) is 2.20. The van der Waals surface area contributed by atoms with Crippen molar-refractivity contribution < 1.29 is 4.74 Å². The highest BCUT2D eigenvalue weighted by Crippen LogP contribution is 2.22. The third-order valence-corrected chi connectivity index (χ3v) is 3.40. The summed E-state index contributed by atoms with van der Waals surface area (Å²) in [6.45, 7) is 0.864. The number of hydrogen-bond donors (Lipinski definition) is 1. The van der Waals surface area contributed by atoms with Gasteiger partial charge in [-0.15, -0.1) is 0 Å². The van der Waals surface area contributed by atoms with E-state index < -0.39 is 0 Å². The van der Waals surface area contributed by atoms with Gasteiger partial charge in [0.05, 0.1) is 13.2 Å². The van der Waals surface area contributed by atoms with Crippen molar-refractivity contribution in [2.45, 2.75) is 6.04 Å². The molecule has 0 aliphatic rings. The molecule has 0 aliphatic carbocycles. The number of anilines is 1. The maximum absolute atomic E-state index is 5.21. The lowest BCUT2D eigenvalue weighted by Gasteiger charge is -2.25. The van der Waals surface area contributed by atoms with Crippen LogP contribution in [0.3, 0.4) is 0 Å². The van der Waals surface area contributed by atoms with Gasteiger partial charge in [-0.25, -0.2) is 0 Å². The third kappa shape index (κ3) is 3.75. The topological polar surface area (TPSA) is 24.5 Å². The van der Waals surface area contributed by atoms with E-state index in [4.69, 9.17) is 4.74 Å². The van der Waals surface area contributed by atoms with Crippen molar-refractivity contribution >= 4 is 5.69 Å². The first kappa shape index (κ1) is 14.4. The van der Waals surface area contributed by atoms with Gasteiger partial charge in [0.2, 0.25) is 0 Å². The van der Waals surface area contributed by atoms with E-state index in [1.54, 1.807) is 7.11 Å². The van der Waals surface area contributed by atoms with Gasteiger partial charge in [0.15, 0.2) is 0 Å². The lowest BCUT2D eigenvalue weighted by atomic mass is 10.1. The second kappa shape index (κ2) is 6.96. The average Bonchev–Trinajstić information content (AvgIpc) is 2.49. The first-order valence-electron chi connectivity index (χ1n) is 6.80. The fraction of sp³-hybridized carbons (Fsp3) is 0.294. The minimum absolute atomic E-state index is 0.320. The zero-order valence-corrected chi connectivity index (χ0v) is 12.3. The lowest BCUT2D eigenvalue weighted by Crippen LogP contribution is -2.26. The molecule has 1 atom stereocenters. The first-order valence-corrected chi connectivity index (χ1v) is 6.80. The molecule has 2 aromatic rings. The number of methoxy groups -OCH3 is 1. The molecule has 3 heteroatoms. The Bertz CT molecular complexity index is 508. The monoisotopic (exact) mass is 270 g/mol. The lowest BCUT2D eigenvalue weighted by molar-refractivity contribution is 0.311. The molecule has 0 saturated carbocycles. The van der Waals surface area contributed by atoms with E-state index in [9.17, 15) is 0 Å². The highest BCUT2D eigenvalue weighted by Gasteiger charge is 2.13. The summed E-state index contributed by atoms with van der Waals surface area (Å²) in [5.74, 6) is 0.891. The number of likely N-dealkylation sites (N-methyl/N-ethyl adjacent to an activating group) is 1. The molecule has 20 heavy (non-hydrogen) atoms. The molecule has 2 aromatic carbocycles. The molecule has 3 nitrogen and oxygen atoms in total. The summed E-state index contributed by atoms with van der Waals surface area (Å²) in [5, 5.41) is 3.48. The Morgan fingerprint density at radius 3 is 2.20 bits per heavy atom. The Kier molecular flexibility index (Phi) is 5.02. The van der Waals surface area contributed by atoms with Crippen molar-refractivity contribution in [2.24, 2.45) is 0 Å².